The quantitative estimate of drug-likeness (QED) is 0.249. The molecular weight excluding hydrogens is 576 g/mol. The van der Waals surface area contributed by atoms with E-state index in [-0.39, 0.29) is 50.3 Å². The molecule has 1 N–H and O–H groups in total. The number of carbonyl (C=O) groups is 3. The van der Waals surface area contributed by atoms with Crippen molar-refractivity contribution in [3.63, 3.8) is 0 Å². The normalized spacial score (nSPS) is 42.4. The van der Waals surface area contributed by atoms with Crippen molar-refractivity contribution >= 4 is 17.9 Å². The molecule has 6 heteroatoms. The van der Waals surface area contributed by atoms with Gasteiger partial charge in [0.25, 0.3) is 0 Å². The van der Waals surface area contributed by atoms with Crippen LogP contribution in [0.4, 0.5) is 0 Å². The van der Waals surface area contributed by atoms with E-state index in [1.807, 2.05) is 0 Å². The van der Waals surface area contributed by atoms with Gasteiger partial charge in [-0.2, -0.15) is 0 Å². The van der Waals surface area contributed by atoms with Gasteiger partial charge >= 0.3 is 17.9 Å². The highest BCUT2D eigenvalue weighted by atomic mass is 16.5. The third-order valence-electron chi connectivity index (χ3n) is 15.4. The molecule has 0 aliphatic heterocycles. The molecule has 0 radical (unpaired) electrons. The lowest BCUT2D eigenvalue weighted by Gasteiger charge is -2.73. The Morgan fingerprint density at radius 2 is 1.52 bits per heavy atom. The maximum atomic E-state index is 13.4. The summed E-state index contributed by atoms with van der Waals surface area (Å²) in [5, 5.41) is 9.67. The molecule has 10 atom stereocenters. The van der Waals surface area contributed by atoms with Crippen LogP contribution < -0.4 is 0 Å². The molecule has 6 nitrogen and oxygen atoms in total. The minimum absolute atomic E-state index is 0.00935. The van der Waals surface area contributed by atoms with Crippen molar-refractivity contribution in [3.05, 3.63) is 47.5 Å². The van der Waals surface area contributed by atoms with Crippen LogP contribution >= 0.6 is 0 Å². The minimum atomic E-state index is -1.11. The third-order valence-corrected chi connectivity index (χ3v) is 15.4. The van der Waals surface area contributed by atoms with Crippen LogP contribution in [0.15, 0.2) is 36.4 Å². The Balaban J connectivity index is 1.27. The summed E-state index contributed by atoms with van der Waals surface area (Å²) in [5.74, 6) is 0.747. The third kappa shape index (κ3) is 4.73. The molecule has 0 saturated heterocycles. The van der Waals surface area contributed by atoms with Gasteiger partial charge in [-0.05, 0) is 129 Å². The number of ether oxygens (including phenoxy) is 2. The van der Waals surface area contributed by atoms with Crippen molar-refractivity contribution in [1.82, 2.24) is 0 Å². The topological polar surface area (TPSA) is 89.9 Å². The summed E-state index contributed by atoms with van der Waals surface area (Å²) < 4.78 is 12.0. The van der Waals surface area contributed by atoms with Crippen LogP contribution in [0.25, 0.3) is 0 Å². The molecule has 5 aliphatic rings. The fraction of sp³-hybridized carbons (Fsp3) is 0.725. The molecule has 0 spiro atoms. The highest BCUT2D eigenvalue weighted by Gasteiger charge is 2.71. The van der Waals surface area contributed by atoms with Crippen LogP contribution in [-0.2, 0) is 14.3 Å². The highest BCUT2D eigenvalue weighted by molar-refractivity contribution is 6.02. The van der Waals surface area contributed by atoms with Crippen LogP contribution in [0.3, 0.4) is 0 Å². The number of benzene rings is 1. The summed E-state index contributed by atoms with van der Waals surface area (Å²) in [6, 6.07) is 6.37. The van der Waals surface area contributed by atoms with Crippen molar-refractivity contribution in [2.45, 2.75) is 119 Å². The summed E-state index contributed by atoms with van der Waals surface area (Å²) in [6.45, 7) is 21.1. The molecule has 46 heavy (non-hydrogen) atoms. The van der Waals surface area contributed by atoms with Gasteiger partial charge in [0.1, 0.15) is 6.10 Å². The average molecular weight is 633 g/mol. The van der Waals surface area contributed by atoms with Crippen molar-refractivity contribution in [3.8, 4) is 0 Å². The summed E-state index contributed by atoms with van der Waals surface area (Å²) in [5.41, 5.74) is 1.75. The minimum Gasteiger partial charge on any atom is -0.478 e. The van der Waals surface area contributed by atoms with Gasteiger partial charge < -0.3 is 14.6 Å². The van der Waals surface area contributed by atoms with Gasteiger partial charge in [-0.25, -0.2) is 9.59 Å². The fourth-order valence-electron chi connectivity index (χ4n) is 13.0. The molecule has 1 aromatic carbocycles. The van der Waals surface area contributed by atoms with E-state index in [0.717, 1.165) is 44.9 Å². The van der Waals surface area contributed by atoms with Crippen LogP contribution in [0, 0.1) is 56.7 Å². The zero-order valence-electron chi connectivity index (χ0n) is 29.2. The number of carboxylic acid groups (broad SMARTS) is 1. The number of hydrogen-bond acceptors (Lipinski definition) is 5. The molecular formula is C40H56O6. The Bertz CT molecular complexity index is 1430. The first-order valence-corrected chi connectivity index (χ1v) is 17.8. The number of carboxylic acids is 1. The highest BCUT2D eigenvalue weighted by Crippen LogP contribution is 2.77. The number of carbonyl (C=O) groups excluding carboxylic acids is 2. The molecule has 1 aromatic rings. The van der Waals surface area contributed by atoms with E-state index < -0.39 is 11.9 Å². The molecule has 0 amide bonds. The maximum absolute atomic E-state index is 13.4. The van der Waals surface area contributed by atoms with Crippen molar-refractivity contribution in [2.75, 3.05) is 6.61 Å². The van der Waals surface area contributed by atoms with Crippen LogP contribution in [0.2, 0.25) is 0 Å². The van der Waals surface area contributed by atoms with Crippen molar-refractivity contribution in [1.29, 1.82) is 0 Å². The molecule has 5 saturated carbocycles. The monoisotopic (exact) mass is 632 g/mol. The largest absolute Gasteiger partial charge is 0.478 e. The van der Waals surface area contributed by atoms with E-state index in [0.29, 0.717) is 36.2 Å². The molecule has 5 aliphatic carbocycles. The molecule has 0 bridgehead atoms. The Labute approximate surface area is 276 Å². The predicted molar refractivity (Wildman–Crippen MR) is 178 cm³/mol. The Morgan fingerprint density at radius 3 is 2.17 bits per heavy atom. The van der Waals surface area contributed by atoms with Gasteiger partial charge in [0.2, 0.25) is 0 Å². The second-order valence-electron chi connectivity index (χ2n) is 17.4. The molecule has 5 fully saturated rings. The first-order valence-electron chi connectivity index (χ1n) is 17.8. The van der Waals surface area contributed by atoms with Gasteiger partial charge in [-0.3, -0.25) is 4.79 Å². The average Bonchev–Trinajstić information content (AvgIpc) is 3.38. The van der Waals surface area contributed by atoms with Crippen molar-refractivity contribution in [2.24, 2.45) is 56.7 Å². The number of fused-ring (bicyclic) bond motifs is 7. The second-order valence-corrected chi connectivity index (χ2v) is 17.4. The van der Waals surface area contributed by atoms with E-state index >= 15 is 0 Å². The van der Waals surface area contributed by atoms with E-state index in [4.69, 9.17) is 9.47 Å². The summed E-state index contributed by atoms with van der Waals surface area (Å²) in [7, 11) is 0. The Kier molecular flexibility index (Phi) is 8.12. The summed E-state index contributed by atoms with van der Waals surface area (Å²) in [4.78, 5) is 37.2. The van der Waals surface area contributed by atoms with Crippen LogP contribution in [0.1, 0.15) is 133 Å². The standard InChI is InChI=1S/C40H56O6/c1-24(2)26-15-20-40(23-45-25(3)41)22-21-38(7)29(33(26)40)13-14-31-37(6)18-17-32(36(4,5)30(37)16-19-39(31,38)8)46-35(44)28-12-10-9-11-27(28)34(42)43/h9-12,26,29-33H,1,13-23H2,2-8H3,(H,42,43)/t26-,29+,30-,31+,32-,33+,37-,38+,39+,40+/m0/s1. The van der Waals surface area contributed by atoms with E-state index in [2.05, 4.69) is 48.1 Å². The number of hydrogen-bond donors (Lipinski definition) is 1. The second kappa shape index (κ2) is 11.2. The predicted octanol–water partition coefficient (Wildman–Crippen LogP) is 9.13. The van der Waals surface area contributed by atoms with Gasteiger partial charge in [-0.15, -0.1) is 0 Å². The number of allylic oxidation sites excluding steroid dienone is 1. The summed E-state index contributed by atoms with van der Waals surface area (Å²) >= 11 is 0. The lowest BCUT2D eigenvalue weighted by molar-refractivity contribution is -0.249. The Morgan fingerprint density at radius 1 is 0.826 bits per heavy atom. The van der Waals surface area contributed by atoms with Crippen LogP contribution in [0.5, 0.6) is 0 Å². The lowest BCUT2D eigenvalue weighted by Crippen LogP contribution is -2.67. The van der Waals surface area contributed by atoms with Gasteiger partial charge in [0.05, 0.1) is 17.7 Å². The van der Waals surface area contributed by atoms with Crippen LogP contribution in [-0.4, -0.2) is 35.7 Å². The summed E-state index contributed by atoms with van der Waals surface area (Å²) in [6.07, 6.45) is 10.8. The van der Waals surface area contributed by atoms with E-state index in [1.54, 1.807) is 25.1 Å². The smallest absolute Gasteiger partial charge is 0.339 e. The number of esters is 2. The molecule has 6 rings (SSSR count). The number of rotatable bonds is 6. The molecule has 0 heterocycles. The molecule has 0 aromatic heterocycles. The van der Waals surface area contributed by atoms with Crippen molar-refractivity contribution < 1.29 is 29.0 Å². The first-order chi connectivity index (χ1) is 21.5. The SMILES string of the molecule is C=C(C)[C@@H]1CC[C@]2(COC(C)=O)CC[C@]3(C)[C@H](CC[C@@H]4[C@@]5(C)CC[C@H](OC(=O)c6ccccc6C(=O)O)C(C)(C)[C@@H]5CC[C@]43C)[C@@H]12. The first kappa shape index (κ1) is 33.3. The Hall–Kier alpha value is -2.63. The zero-order chi connectivity index (χ0) is 33.4. The van der Waals surface area contributed by atoms with Gasteiger partial charge in [-0.1, -0.05) is 58.9 Å². The van der Waals surface area contributed by atoms with E-state index in [9.17, 15) is 19.5 Å². The lowest BCUT2D eigenvalue weighted by atomic mass is 9.32. The van der Waals surface area contributed by atoms with E-state index in [1.165, 1.54) is 30.9 Å². The number of aromatic carboxylic acids is 1. The maximum Gasteiger partial charge on any atom is 0.339 e. The fourth-order valence-corrected chi connectivity index (χ4v) is 13.0. The molecule has 0 unspecified atom stereocenters. The zero-order valence-corrected chi connectivity index (χ0v) is 29.2. The molecule has 252 valence electrons. The van der Waals surface area contributed by atoms with Gasteiger partial charge in [0, 0.05) is 17.8 Å². The van der Waals surface area contributed by atoms with Gasteiger partial charge in [0.15, 0.2) is 0 Å².